The quantitative estimate of drug-likeness (QED) is 0.897. The van der Waals surface area contributed by atoms with Gasteiger partial charge in [0.15, 0.2) is 0 Å². The Labute approximate surface area is 139 Å². The molecule has 0 saturated carbocycles. The molecule has 0 bridgehead atoms. The zero-order chi connectivity index (χ0) is 16.1. The summed E-state index contributed by atoms with van der Waals surface area (Å²) < 4.78 is 5.78. The molecule has 2 atom stereocenters. The molecule has 4 heteroatoms. The summed E-state index contributed by atoms with van der Waals surface area (Å²) in [6.07, 6.45) is 4.93. The van der Waals surface area contributed by atoms with Crippen LogP contribution in [-0.4, -0.2) is 25.6 Å². The lowest BCUT2D eigenvalue weighted by Gasteiger charge is -2.28. The second-order valence-electron chi connectivity index (χ2n) is 6.92. The van der Waals surface area contributed by atoms with Crippen LogP contribution < -0.4 is 15.4 Å². The maximum atomic E-state index is 12.5. The van der Waals surface area contributed by atoms with Crippen molar-refractivity contribution in [2.45, 2.75) is 45.1 Å². The van der Waals surface area contributed by atoms with Crippen LogP contribution in [0.3, 0.4) is 0 Å². The zero-order valence-electron chi connectivity index (χ0n) is 14.0. The van der Waals surface area contributed by atoms with Gasteiger partial charge in [-0.15, -0.1) is 0 Å². The highest BCUT2D eigenvalue weighted by Gasteiger charge is 2.25. The maximum Gasteiger partial charge on any atom is 0.220 e. The lowest BCUT2D eigenvalue weighted by atomic mass is 9.84. The highest BCUT2D eigenvalue weighted by molar-refractivity contribution is 5.76. The van der Waals surface area contributed by atoms with E-state index in [2.05, 4.69) is 23.6 Å². The van der Waals surface area contributed by atoms with Gasteiger partial charge in [-0.1, -0.05) is 25.1 Å². The molecule has 23 heavy (non-hydrogen) atoms. The van der Waals surface area contributed by atoms with Crippen LogP contribution in [0.2, 0.25) is 0 Å². The van der Waals surface area contributed by atoms with Crippen molar-refractivity contribution in [3.05, 3.63) is 29.8 Å². The number of carbonyl (C=O) groups excluding carboxylic acids is 1. The van der Waals surface area contributed by atoms with Crippen LogP contribution in [0.1, 0.15) is 50.6 Å². The second-order valence-corrected chi connectivity index (χ2v) is 6.92. The molecule has 1 aromatic rings. The summed E-state index contributed by atoms with van der Waals surface area (Å²) in [5.41, 5.74) is 1.12. The summed E-state index contributed by atoms with van der Waals surface area (Å²) in [5, 5.41) is 6.64. The molecule has 2 heterocycles. The topological polar surface area (TPSA) is 50.4 Å². The Morgan fingerprint density at radius 2 is 2.09 bits per heavy atom. The first-order valence-electron chi connectivity index (χ1n) is 8.96. The van der Waals surface area contributed by atoms with Gasteiger partial charge >= 0.3 is 0 Å². The van der Waals surface area contributed by atoms with Crippen LogP contribution in [0.4, 0.5) is 0 Å². The van der Waals surface area contributed by atoms with Gasteiger partial charge in [0.25, 0.3) is 0 Å². The van der Waals surface area contributed by atoms with E-state index in [1.54, 1.807) is 0 Å². The second kappa shape index (κ2) is 7.82. The van der Waals surface area contributed by atoms with Gasteiger partial charge in [0, 0.05) is 12.0 Å². The lowest BCUT2D eigenvalue weighted by molar-refractivity contribution is -0.123. The molecule has 1 amide bonds. The fourth-order valence-corrected chi connectivity index (χ4v) is 3.80. The molecule has 2 unspecified atom stereocenters. The van der Waals surface area contributed by atoms with E-state index in [9.17, 15) is 4.79 Å². The first-order chi connectivity index (χ1) is 11.2. The third-order valence-corrected chi connectivity index (χ3v) is 5.22. The van der Waals surface area contributed by atoms with Crippen LogP contribution in [0.15, 0.2) is 24.3 Å². The average Bonchev–Trinajstić information content (AvgIpc) is 2.78. The number of amides is 1. The molecular formula is C19H28N2O2. The molecule has 1 aromatic carbocycles. The smallest absolute Gasteiger partial charge is 0.220 e. The summed E-state index contributed by atoms with van der Waals surface area (Å²) in [5.74, 6) is 2.22. The molecule has 0 spiro atoms. The van der Waals surface area contributed by atoms with Crippen LogP contribution in [0.25, 0.3) is 0 Å². The van der Waals surface area contributed by atoms with E-state index in [0.717, 1.165) is 43.9 Å². The number of hydrogen-bond acceptors (Lipinski definition) is 3. The Bertz CT molecular complexity index is 526. The molecule has 0 aliphatic carbocycles. The lowest BCUT2D eigenvalue weighted by Crippen LogP contribution is -2.34. The van der Waals surface area contributed by atoms with E-state index in [1.807, 2.05) is 18.2 Å². The standard InChI is InChI=1S/C19H28N2O2/c1-14(15-8-10-20-11-9-15)13-19(22)21-17-6-4-12-23-18-7-3-2-5-16(17)18/h2-3,5,7,14-15,17,20H,4,6,8-13H2,1H3,(H,21,22). The summed E-state index contributed by atoms with van der Waals surface area (Å²) >= 11 is 0. The minimum absolute atomic E-state index is 0.0847. The highest BCUT2D eigenvalue weighted by atomic mass is 16.5. The van der Waals surface area contributed by atoms with E-state index >= 15 is 0 Å². The van der Waals surface area contributed by atoms with Gasteiger partial charge in [0.05, 0.1) is 12.6 Å². The van der Waals surface area contributed by atoms with E-state index in [-0.39, 0.29) is 11.9 Å². The summed E-state index contributed by atoms with van der Waals surface area (Å²) in [7, 11) is 0. The molecule has 4 nitrogen and oxygen atoms in total. The molecule has 0 radical (unpaired) electrons. The number of piperidine rings is 1. The zero-order valence-corrected chi connectivity index (χ0v) is 14.0. The Kier molecular flexibility index (Phi) is 5.55. The summed E-state index contributed by atoms with van der Waals surface area (Å²) in [6.45, 7) is 5.13. The van der Waals surface area contributed by atoms with Crippen LogP contribution in [0, 0.1) is 11.8 Å². The fraction of sp³-hybridized carbons (Fsp3) is 0.632. The molecular weight excluding hydrogens is 288 g/mol. The van der Waals surface area contributed by atoms with Crippen molar-refractivity contribution in [3.8, 4) is 5.75 Å². The number of para-hydroxylation sites is 1. The Morgan fingerprint density at radius 1 is 1.30 bits per heavy atom. The van der Waals surface area contributed by atoms with Crippen molar-refractivity contribution >= 4 is 5.91 Å². The van der Waals surface area contributed by atoms with Crippen molar-refractivity contribution in [1.29, 1.82) is 0 Å². The van der Waals surface area contributed by atoms with E-state index < -0.39 is 0 Å². The van der Waals surface area contributed by atoms with Gasteiger partial charge < -0.3 is 15.4 Å². The molecule has 3 rings (SSSR count). The predicted molar refractivity (Wildman–Crippen MR) is 91.4 cm³/mol. The van der Waals surface area contributed by atoms with Gasteiger partial charge in [0.1, 0.15) is 5.75 Å². The third kappa shape index (κ3) is 4.25. The van der Waals surface area contributed by atoms with Crippen molar-refractivity contribution in [1.82, 2.24) is 10.6 Å². The number of ether oxygens (including phenoxy) is 1. The van der Waals surface area contributed by atoms with Gasteiger partial charge in [0.2, 0.25) is 5.91 Å². The first kappa shape index (κ1) is 16.3. The Balaban J connectivity index is 1.59. The number of carbonyl (C=O) groups is 1. The van der Waals surface area contributed by atoms with Crippen molar-refractivity contribution in [2.24, 2.45) is 11.8 Å². The molecule has 2 N–H and O–H groups in total. The van der Waals surface area contributed by atoms with Gasteiger partial charge in [-0.2, -0.15) is 0 Å². The largest absolute Gasteiger partial charge is 0.493 e. The number of hydrogen-bond donors (Lipinski definition) is 2. The predicted octanol–water partition coefficient (Wildman–Crippen LogP) is 3.04. The average molecular weight is 316 g/mol. The fourth-order valence-electron chi connectivity index (χ4n) is 3.80. The Morgan fingerprint density at radius 3 is 2.91 bits per heavy atom. The van der Waals surface area contributed by atoms with Gasteiger partial charge in [-0.3, -0.25) is 4.79 Å². The monoisotopic (exact) mass is 316 g/mol. The van der Waals surface area contributed by atoms with Crippen LogP contribution >= 0.6 is 0 Å². The van der Waals surface area contributed by atoms with Crippen molar-refractivity contribution in [2.75, 3.05) is 19.7 Å². The highest BCUT2D eigenvalue weighted by Crippen LogP contribution is 2.31. The van der Waals surface area contributed by atoms with Crippen LogP contribution in [0.5, 0.6) is 5.75 Å². The van der Waals surface area contributed by atoms with Crippen molar-refractivity contribution < 1.29 is 9.53 Å². The SMILES string of the molecule is CC(CC(=O)NC1CCCOc2ccccc21)C1CCNCC1. The Hall–Kier alpha value is -1.55. The molecule has 1 saturated heterocycles. The van der Waals surface area contributed by atoms with E-state index in [4.69, 9.17) is 4.74 Å². The van der Waals surface area contributed by atoms with E-state index in [0.29, 0.717) is 18.3 Å². The summed E-state index contributed by atoms with van der Waals surface area (Å²) in [4.78, 5) is 12.5. The molecule has 1 fully saturated rings. The minimum atomic E-state index is 0.0847. The summed E-state index contributed by atoms with van der Waals surface area (Å²) in [6, 6.07) is 8.16. The molecule has 2 aliphatic rings. The number of rotatable bonds is 4. The number of fused-ring (bicyclic) bond motifs is 1. The normalized spacial score (nSPS) is 23.3. The van der Waals surface area contributed by atoms with Crippen molar-refractivity contribution in [3.63, 3.8) is 0 Å². The molecule has 2 aliphatic heterocycles. The molecule has 0 aromatic heterocycles. The minimum Gasteiger partial charge on any atom is -0.493 e. The van der Waals surface area contributed by atoms with Gasteiger partial charge in [-0.25, -0.2) is 0 Å². The first-order valence-corrected chi connectivity index (χ1v) is 8.96. The van der Waals surface area contributed by atoms with Crippen LogP contribution in [-0.2, 0) is 4.79 Å². The molecule has 126 valence electrons. The maximum absolute atomic E-state index is 12.5. The van der Waals surface area contributed by atoms with E-state index in [1.165, 1.54) is 12.8 Å². The number of nitrogens with one attached hydrogen (secondary N) is 2. The van der Waals surface area contributed by atoms with Gasteiger partial charge in [-0.05, 0) is 56.7 Å². The third-order valence-electron chi connectivity index (χ3n) is 5.22. The number of benzene rings is 1.